The molecule has 1 heterocycles. The van der Waals surface area contributed by atoms with E-state index in [1.54, 1.807) is 0 Å². The molecule has 1 fully saturated rings. The number of thioether (sulfide) groups is 1. The molecule has 1 atom stereocenters. The maximum Gasteiger partial charge on any atom is 0.0110 e. The fraction of sp³-hybridized carbons (Fsp3) is 1.00. The van der Waals surface area contributed by atoms with Crippen LogP contribution in [0.5, 0.6) is 0 Å². The smallest absolute Gasteiger partial charge is 0.0110 e. The third kappa shape index (κ3) is 7.24. The molecule has 1 rings (SSSR count). The average Bonchev–Trinajstić information content (AvgIpc) is 2.95. The number of unbranched alkanes of at least 4 members (excludes halogenated alkanes) is 1. The van der Waals surface area contributed by atoms with E-state index < -0.39 is 0 Å². The Kier molecular flexibility index (Phi) is 6.74. The summed E-state index contributed by atoms with van der Waals surface area (Å²) in [5.41, 5.74) is 0. The normalized spacial score (nSPS) is 18.4. The first-order chi connectivity index (χ1) is 7.22. The highest BCUT2D eigenvalue weighted by molar-refractivity contribution is 7.98. The first kappa shape index (κ1) is 13.4. The van der Waals surface area contributed by atoms with Crippen LogP contribution in [0.4, 0.5) is 0 Å². The predicted octanol–water partition coefficient (Wildman–Crippen LogP) is 3.50. The van der Waals surface area contributed by atoms with Crippen LogP contribution in [-0.4, -0.2) is 36.5 Å². The van der Waals surface area contributed by atoms with Gasteiger partial charge in [0.25, 0.3) is 0 Å². The summed E-state index contributed by atoms with van der Waals surface area (Å²) >= 11 is 2.02. The van der Waals surface area contributed by atoms with Crippen molar-refractivity contribution in [2.45, 2.75) is 39.5 Å². The lowest BCUT2D eigenvalue weighted by atomic mass is 9.94. The highest BCUT2D eigenvalue weighted by Gasteiger charge is 2.16. The Morgan fingerprint density at radius 3 is 2.47 bits per heavy atom. The molecular formula is C13H27NS. The van der Waals surface area contributed by atoms with Gasteiger partial charge in [-0.05, 0) is 49.7 Å². The van der Waals surface area contributed by atoms with E-state index in [0.29, 0.717) is 0 Å². The minimum absolute atomic E-state index is 0.870. The van der Waals surface area contributed by atoms with Crippen LogP contribution in [0, 0.1) is 11.8 Å². The fourth-order valence-electron chi connectivity index (χ4n) is 2.23. The van der Waals surface area contributed by atoms with Crippen LogP contribution >= 0.6 is 11.8 Å². The first-order valence-corrected chi connectivity index (χ1v) is 7.83. The van der Waals surface area contributed by atoms with Gasteiger partial charge in [0, 0.05) is 13.1 Å². The summed E-state index contributed by atoms with van der Waals surface area (Å²) in [4.78, 5) is 2.53. The van der Waals surface area contributed by atoms with Gasteiger partial charge in [-0.2, -0.15) is 11.8 Å². The van der Waals surface area contributed by atoms with E-state index in [1.165, 1.54) is 51.1 Å². The van der Waals surface area contributed by atoms with E-state index in [0.717, 1.165) is 11.8 Å². The van der Waals surface area contributed by atoms with Crippen molar-refractivity contribution in [3.63, 3.8) is 0 Å². The molecule has 1 saturated heterocycles. The maximum atomic E-state index is 2.53. The lowest BCUT2D eigenvalue weighted by Gasteiger charge is -2.17. The Morgan fingerprint density at radius 2 is 1.93 bits per heavy atom. The van der Waals surface area contributed by atoms with Gasteiger partial charge >= 0.3 is 0 Å². The zero-order valence-corrected chi connectivity index (χ0v) is 11.5. The Balaban J connectivity index is 2.00. The van der Waals surface area contributed by atoms with Crippen LogP contribution < -0.4 is 0 Å². The molecule has 90 valence electrons. The topological polar surface area (TPSA) is 3.01 Å². The molecule has 0 bridgehead atoms. The van der Waals surface area contributed by atoms with Gasteiger partial charge in [-0.15, -0.1) is 0 Å². The molecule has 0 amide bonds. The van der Waals surface area contributed by atoms with E-state index in [4.69, 9.17) is 0 Å². The molecule has 1 aliphatic heterocycles. The minimum Gasteiger partial charge on any atom is -0.301 e. The summed E-state index contributed by atoms with van der Waals surface area (Å²) in [5.74, 6) is 3.20. The molecule has 15 heavy (non-hydrogen) atoms. The van der Waals surface area contributed by atoms with Crippen LogP contribution in [-0.2, 0) is 0 Å². The lowest BCUT2D eigenvalue weighted by molar-refractivity contribution is 0.397. The summed E-state index contributed by atoms with van der Waals surface area (Å²) in [5, 5.41) is 0. The first-order valence-electron chi connectivity index (χ1n) is 6.43. The quantitative estimate of drug-likeness (QED) is 0.440. The second kappa shape index (κ2) is 7.56. The van der Waals surface area contributed by atoms with Crippen LogP contribution in [0.1, 0.15) is 39.5 Å². The van der Waals surface area contributed by atoms with Crippen molar-refractivity contribution in [3.8, 4) is 0 Å². The molecule has 1 unspecified atom stereocenters. The third-order valence-electron chi connectivity index (χ3n) is 3.08. The highest BCUT2D eigenvalue weighted by atomic mass is 32.2. The van der Waals surface area contributed by atoms with Crippen molar-refractivity contribution in [1.29, 1.82) is 0 Å². The summed E-state index contributed by atoms with van der Waals surface area (Å²) in [7, 11) is 0. The summed E-state index contributed by atoms with van der Waals surface area (Å²) in [6, 6.07) is 0. The Bertz CT molecular complexity index is 155. The molecule has 0 radical (unpaired) electrons. The van der Waals surface area contributed by atoms with Crippen molar-refractivity contribution in [2.75, 3.05) is 31.6 Å². The van der Waals surface area contributed by atoms with Crippen LogP contribution in [0.25, 0.3) is 0 Å². The van der Waals surface area contributed by atoms with Crippen LogP contribution in [0.3, 0.4) is 0 Å². The van der Waals surface area contributed by atoms with Crippen molar-refractivity contribution in [3.05, 3.63) is 0 Å². The van der Waals surface area contributed by atoms with Crippen molar-refractivity contribution < 1.29 is 0 Å². The van der Waals surface area contributed by atoms with E-state index >= 15 is 0 Å². The second-order valence-electron chi connectivity index (χ2n) is 5.29. The number of hydrogen-bond donors (Lipinski definition) is 0. The van der Waals surface area contributed by atoms with Gasteiger partial charge in [-0.3, -0.25) is 0 Å². The molecule has 0 aromatic rings. The van der Waals surface area contributed by atoms with Crippen molar-refractivity contribution in [2.24, 2.45) is 11.8 Å². The van der Waals surface area contributed by atoms with Gasteiger partial charge in [0.1, 0.15) is 0 Å². The zero-order valence-electron chi connectivity index (χ0n) is 10.7. The van der Waals surface area contributed by atoms with Gasteiger partial charge in [-0.25, -0.2) is 0 Å². The predicted molar refractivity (Wildman–Crippen MR) is 71.6 cm³/mol. The standard InChI is InChI=1S/C13H27NS/c1-12(2)10-13(11-15-3)6-4-5-7-14-8-9-14/h12-13H,4-11H2,1-3H3. The highest BCUT2D eigenvalue weighted by Crippen LogP contribution is 2.22. The van der Waals surface area contributed by atoms with Crippen molar-refractivity contribution in [1.82, 2.24) is 4.90 Å². The monoisotopic (exact) mass is 229 g/mol. The SMILES string of the molecule is CSCC(CCCCN1CC1)CC(C)C. The molecule has 1 nitrogen and oxygen atoms in total. The molecular weight excluding hydrogens is 202 g/mol. The van der Waals surface area contributed by atoms with Crippen molar-refractivity contribution >= 4 is 11.8 Å². The Labute approximate surface area is 100.0 Å². The Morgan fingerprint density at radius 1 is 1.20 bits per heavy atom. The number of hydrogen-bond acceptors (Lipinski definition) is 2. The van der Waals surface area contributed by atoms with Gasteiger partial charge in [0.05, 0.1) is 0 Å². The van der Waals surface area contributed by atoms with E-state index in [1.807, 2.05) is 11.8 Å². The molecule has 0 aromatic heterocycles. The zero-order chi connectivity index (χ0) is 11.1. The summed E-state index contributed by atoms with van der Waals surface area (Å²) in [6.07, 6.45) is 7.97. The minimum atomic E-state index is 0.870. The van der Waals surface area contributed by atoms with Gasteiger partial charge in [0.15, 0.2) is 0 Å². The number of nitrogens with zero attached hydrogens (tertiary/aromatic N) is 1. The average molecular weight is 229 g/mol. The maximum absolute atomic E-state index is 2.53. The van der Waals surface area contributed by atoms with Gasteiger partial charge < -0.3 is 4.90 Å². The molecule has 0 aliphatic carbocycles. The van der Waals surface area contributed by atoms with E-state index in [-0.39, 0.29) is 0 Å². The lowest BCUT2D eigenvalue weighted by Crippen LogP contribution is -2.08. The molecule has 2 heteroatoms. The Hall–Kier alpha value is 0.310. The molecule has 0 saturated carbocycles. The summed E-state index contributed by atoms with van der Waals surface area (Å²) < 4.78 is 0. The van der Waals surface area contributed by atoms with Gasteiger partial charge in [-0.1, -0.05) is 20.3 Å². The number of rotatable bonds is 9. The molecule has 0 spiro atoms. The largest absolute Gasteiger partial charge is 0.301 e. The van der Waals surface area contributed by atoms with Gasteiger partial charge in [0.2, 0.25) is 0 Å². The second-order valence-corrected chi connectivity index (χ2v) is 6.20. The molecule has 1 aliphatic rings. The third-order valence-corrected chi connectivity index (χ3v) is 3.89. The molecule has 0 aromatic carbocycles. The molecule has 0 N–H and O–H groups in total. The summed E-state index contributed by atoms with van der Waals surface area (Å²) in [6.45, 7) is 8.78. The van der Waals surface area contributed by atoms with E-state index in [2.05, 4.69) is 25.0 Å². The van der Waals surface area contributed by atoms with Crippen LogP contribution in [0.2, 0.25) is 0 Å². The van der Waals surface area contributed by atoms with E-state index in [9.17, 15) is 0 Å². The van der Waals surface area contributed by atoms with Crippen LogP contribution in [0.15, 0.2) is 0 Å². The fourth-order valence-corrected chi connectivity index (χ4v) is 3.01.